The molecule has 1 aromatic heterocycles. The fourth-order valence-corrected chi connectivity index (χ4v) is 3.36. The van der Waals surface area contributed by atoms with Gasteiger partial charge in [-0.05, 0) is 40.8 Å². The first-order chi connectivity index (χ1) is 13.2. The third-order valence-electron chi connectivity index (χ3n) is 4.37. The van der Waals surface area contributed by atoms with Crippen LogP contribution in [0.2, 0.25) is 0 Å². The van der Waals surface area contributed by atoms with Gasteiger partial charge in [-0.2, -0.15) is 0 Å². The van der Waals surface area contributed by atoms with E-state index in [0.29, 0.717) is 22.4 Å². The number of aromatic nitrogens is 2. The molecule has 0 aliphatic heterocycles. The molecule has 0 bridgehead atoms. The van der Waals surface area contributed by atoms with Crippen molar-refractivity contribution >= 4 is 17.7 Å². The molecule has 6 heteroatoms. The van der Waals surface area contributed by atoms with Gasteiger partial charge in [0.2, 0.25) is 5.89 Å². The zero-order chi connectivity index (χ0) is 20.3. The summed E-state index contributed by atoms with van der Waals surface area (Å²) in [5.41, 5.74) is 4.06. The summed E-state index contributed by atoms with van der Waals surface area (Å²) >= 11 is 1.48. The average molecular weight is 396 g/mol. The maximum Gasteiger partial charge on any atom is 0.277 e. The van der Waals surface area contributed by atoms with Gasteiger partial charge < -0.3 is 9.32 Å². The van der Waals surface area contributed by atoms with E-state index in [0.717, 1.165) is 11.1 Å². The van der Waals surface area contributed by atoms with Gasteiger partial charge in [0.05, 0.1) is 0 Å². The molecule has 0 saturated carbocycles. The molecular weight excluding hydrogens is 370 g/mol. The molecule has 0 unspecified atom stereocenters. The van der Waals surface area contributed by atoms with Crippen molar-refractivity contribution in [2.45, 2.75) is 37.2 Å². The van der Waals surface area contributed by atoms with Gasteiger partial charge in [0.25, 0.3) is 11.1 Å². The van der Waals surface area contributed by atoms with Crippen molar-refractivity contribution in [3.8, 4) is 11.5 Å². The lowest BCUT2D eigenvalue weighted by Crippen LogP contribution is -2.21. The summed E-state index contributed by atoms with van der Waals surface area (Å²) in [6, 6.07) is 15.8. The molecule has 2 aromatic carbocycles. The summed E-state index contributed by atoms with van der Waals surface area (Å²) in [6.07, 6.45) is 0. The first-order valence-electron chi connectivity index (χ1n) is 9.12. The van der Waals surface area contributed by atoms with Crippen molar-refractivity contribution in [3.05, 3.63) is 65.2 Å². The molecule has 1 heterocycles. The van der Waals surface area contributed by atoms with E-state index in [1.54, 1.807) is 19.0 Å². The largest absolute Gasteiger partial charge is 0.411 e. The topological polar surface area (TPSA) is 59.2 Å². The Labute approximate surface area is 170 Å². The second-order valence-corrected chi connectivity index (χ2v) is 8.81. The quantitative estimate of drug-likeness (QED) is 0.567. The molecule has 0 N–H and O–H groups in total. The minimum Gasteiger partial charge on any atom is -0.411 e. The van der Waals surface area contributed by atoms with Gasteiger partial charge in [0.1, 0.15) is 0 Å². The Morgan fingerprint density at radius 2 is 1.64 bits per heavy atom. The van der Waals surface area contributed by atoms with Gasteiger partial charge in [-0.1, -0.05) is 56.8 Å². The molecule has 3 aromatic rings. The van der Waals surface area contributed by atoms with Crippen LogP contribution in [0.1, 0.15) is 42.3 Å². The number of carbonyl (C=O) groups excluding carboxylic acids is 1. The highest BCUT2D eigenvalue weighted by atomic mass is 32.2. The van der Waals surface area contributed by atoms with Crippen molar-refractivity contribution in [2.24, 2.45) is 0 Å². The van der Waals surface area contributed by atoms with E-state index in [-0.39, 0.29) is 11.3 Å². The highest BCUT2D eigenvalue weighted by Crippen LogP contribution is 2.28. The fraction of sp³-hybridized carbons (Fsp3) is 0.318. The van der Waals surface area contributed by atoms with E-state index < -0.39 is 0 Å². The van der Waals surface area contributed by atoms with Gasteiger partial charge in [-0.25, -0.2) is 0 Å². The first kappa shape index (κ1) is 20.1. The molecule has 1 amide bonds. The molecule has 0 spiro atoms. The normalized spacial score (nSPS) is 11.5. The van der Waals surface area contributed by atoms with E-state index in [9.17, 15) is 4.79 Å². The second kappa shape index (κ2) is 8.19. The maximum absolute atomic E-state index is 11.9. The van der Waals surface area contributed by atoms with Gasteiger partial charge in [0, 0.05) is 31.0 Å². The van der Waals surface area contributed by atoms with Crippen molar-refractivity contribution in [1.82, 2.24) is 15.1 Å². The van der Waals surface area contributed by atoms with Crippen molar-refractivity contribution in [3.63, 3.8) is 0 Å². The average Bonchev–Trinajstić information content (AvgIpc) is 3.14. The Bertz CT molecular complexity index is 939. The number of hydrogen-bond donors (Lipinski definition) is 0. The lowest BCUT2D eigenvalue weighted by molar-refractivity contribution is 0.0827. The number of thioether (sulfide) groups is 1. The van der Waals surface area contributed by atoms with Crippen LogP contribution in [0.4, 0.5) is 0 Å². The summed E-state index contributed by atoms with van der Waals surface area (Å²) in [4.78, 5) is 13.5. The van der Waals surface area contributed by atoms with Crippen LogP contribution in [0, 0.1) is 0 Å². The Hall–Kier alpha value is -2.60. The molecule has 0 radical (unpaired) electrons. The highest BCUT2D eigenvalue weighted by molar-refractivity contribution is 7.98. The third-order valence-corrected chi connectivity index (χ3v) is 5.26. The number of rotatable bonds is 5. The molecule has 0 fully saturated rings. The van der Waals surface area contributed by atoms with Crippen LogP contribution in [0.5, 0.6) is 0 Å². The van der Waals surface area contributed by atoms with Crippen LogP contribution < -0.4 is 0 Å². The Balaban J connectivity index is 1.63. The predicted molar refractivity (Wildman–Crippen MR) is 112 cm³/mol. The summed E-state index contributed by atoms with van der Waals surface area (Å²) in [7, 11) is 3.49. The maximum atomic E-state index is 11.9. The molecule has 0 saturated heterocycles. The molecule has 3 rings (SSSR count). The molecule has 0 atom stereocenters. The third kappa shape index (κ3) is 4.81. The number of amides is 1. The number of carbonyl (C=O) groups is 1. The van der Waals surface area contributed by atoms with Crippen LogP contribution in [0.3, 0.4) is 0 Å². The summed E-state index contributed by atoms with van der Waals surface area (Å²) < 4.78 is 5.79. The summed E-state index contributed by atoms with van der Waals surface area (Å²) in [5.74, 6) is 1.22. The molecule has 0 aliphatic rings. The monoisotopic (exact) mass is 395 g/mol. The number of hydrogen-bond acceptors (Lipinski definition) is 5. The van der Waals surface area contributed by atoms with E-state index in [2.05, 4.69) is 43.1 Å². The van der Waals surface area contributed by atoms with E-state index in [4.69, 9.17) is 4.42 Å². The Kier molecular flexibility index (Phi) is 5.89. The van der Waals surface area contributed by atoms with Crippen LogP contribution in [-0.4, -0.2) is 35.1 Å². The zero-order valence-electron chi connectivity index (χ0n) is 16.9. The fourth-order valence-electron chi connectivity index (χ4n) is 2.64. The van der Waals surface area contributed by atoms with E-state index in [1.165, 1.54) is 17.3 Å². The molecule has 28 heavy (non-hydrogen) atoms. The van der Waals surface area contributed by atoms with Crippen LogP contribution >= 0.6 is 11.8 Å². The molecule has 146 valence electrons. The SMILES string of the molecule is CN(C)C(=O)c1ccc(CSc2nnc(-c3ccc(C(C)(C)C)cc3)o2)cc1. The summed E-state index contributed by atoms with van der Waals surface area (Å²) in [5, 5.41) is 8.82. The standard InChI is InChI=1S/C22H25N3O2S/c1-22(2,3)18-12-10-16(11-13-18)19-23-24-21(27-19)28-14-15-6-8-17(9-7-15)20(26)25(4)5/h6-13H,14H2,1-5H3. The van der Waals surface area contributed by atoms with Crippen molar-refractivity contribution in [2.75, 3.05) is 14.1 Å². The second-order valence-electron chi connectivity index (χ2n) is 7.89. The van der Waals surface area contributed by atoms with E-state index >= 15 is 0 Å². The van der Waals surface area contributed by atoms with Gasteiger partial charge in [-0.15, -0.1) is 10.2 Å². The number of benzene rings is 2. The molecule has 0 aliphatic carbocycles. The smallest absolute Gasteiger partial charge is 0.277 e. The lowest BCUT2D eigenvalue weighted by Gasteiger charge is -2.18. The highest BCUT2D eigenvalue weighted by Gasteiger charge is 2.15. The lowest BCUT2D eigenvalue weighted by atomic mass is 9.87. The van der Waals surface area contributed by atoms with Crippen LogP contribution in [0.25, 0.3) is 11.5 Å². The minimum absolute atomic E-state index is 0.00164. The molecule has 5 nitrogen and oxygen atoms in total. The van der Waals surface area contributed by atoms with Crippen molar-refractivity contribution < 1.29 is 9.21 Å². The zero-order valence-corrected chi connectivity index (χ0v) is 17.7. The van der Waals surface area contributed by atoms with Crippen molar-refractivity contribution in [1.29, 1.82) is 0 Å². The first-order valence-corrected chi connectivity index (χ1v) is 10.1. The van der Waals surface area contributed by atoms with Gasteiger partial charge in [0.15, 0.2) is 0 Å². The van der Waals surface area contributed by atoms with E-state index in [1.807, 2.05) is 36.4 Å². The Morgan fingerprint density at radius 3 is 2.21 bits per heavy atom. The Morgan fingerprint density at radius 1 is 1.00 bits per heavy atom. The minimum atomic E-state index is -0.00164. The number of nitrogens with zero attached hydrogens (tertiary/aromatic N) is 3. The van der Waals surface area contributed by atoms with Gasteiger partial charge >= 0.3 is 0 Å². The van der Waals surface area contributed by atoms with Crippen LogP contribution in [-0.2, 0) is 11.2 Å². The van der Waals surface area contributed by atoms with Gasteiger partial charge in [-0.3, -0.25) is 4.79 Å². The van der Waals surface area contributed by atoms with Crippen LogP contribution in [0.15, 0.2) is 58.2 Å². The molecular formula is C22H25N3O2S. The summed E-state index contributed by atoms with van der Waals surface area (Å²) in [6.45, 7) is 6.56. The predicted octanol–water partition coefficient (Wildman–Crippen LogP) is 5.03.